The molecule has 1 saturated heterocycles. The molecule has 2 aromatic carbocycles. The lowest BCUT2D eigenvalue weighted by Crippen LogP contribution is -2.35. The van der Waals surface area contributed by atoms with Crippen LogP contribution in [-0.2, 0) is 6.54 Å². The van der Waals surface area contributed by atoms with Crippen molar-refractivity contribution in [3.63, 3.8) is 0 Å². The highest BCUT2D eigenvalue weighted by Crippen LogP contribution is 2.18. The van der Waals surface area contributed by atoms with Gasteiger partial charge in [-0.25, -0.2) is 8.78 Å². The number of rotatable bonds is 4. The second-order valence-corrected chi connectivity index (χ2v) is 6.93. The van der Waals surface area contributed by atoms with E-state index in [2.05, 4.69) is 15.0 Å². The smallest absolute Gasteiger partial charge is 0.257 e. The zero-order valence-electron chi connectivity index (χ0n) is 15.7. The number of carbonyl (C=O) groups excluding carboxylic acids is 1. The van der Waals surface area contributed by atoms with E-state index in [1.807, 2.05) is 30.3 Å². The lowest BCUT2D eigenvalue weighted by Gasteiger charge is -2.21. The van der Waals surface area contributed by atoms with E-state index in [0.29, 0.717) is 37.9 Å². The maximum absolute atomic E-state index is 13.4. The fourth-order valence-corrected chi connectivity index (χ4v) is 3.36. The highest BCUT2D eigenvalue weighted by molar-refractivity contribution is 5.94. The average molecular weight is 398 g/mol. The Hall–Kier alpha value is -3.13. The van der Waals surface area contributed by atoms with Crippen LogP contribution in [0, 0.1) is 11.6 Å². The van der Waals surface area contributed by atoms with Gasteiger partial charge in [-0.05, 0) is 36.8 Å². The van der Waals surface area contributed by atoms with Crippen LogP contribution in [-0.4, -0.2) is 52.0 Å². The number of hydrogen-bond acceptors (Lipinski definition) is 5. The van der Waals surface area contributed by atoms with Crippen LogP contribution >= 0.6 is 0 Å². The molecule has 29 heavy (non-hydrogen) atoms. The van der Waals surface area contributed by atoms with Crippen LogP contribution in [0.2, 0.25) is 0 Å². The topological polar surface area (TPSA) is 62.5 Å². The normalized spacial score (nSPS) is 15.3. The number of hydrogen-bond donors (Lipinski definition) is 0. The molecule has 150 valence electrons. The van der Waals surface area contributed by atoms with Crippen LogP contribution in [0.25, 0.3) is 11.5 Å². The third-order valence-corrected chi connectivity index (χ3v) is 4.90. The minimum absolute atomic E-state index is 0.156. The van der Waals surface area contributed by atoms with Crippen molar-refractivity contribution in [2.24, 2.45) is 0 Å². The van der Waals surface area contributed by atoms with Crippen molar-refractivity contribution in [1.82, 2.24) is 19.9 Å². The van der Waals surface area contributed by atoms with E-state index in [0.717, 1.165) is 30.7 Å². The van der Waals surface area contributed by atoms with Crippen molar-refractivity contribution >= 4 is 5.91 Å². The first-order valence-corrected chi connectivity index (χ1v) is 9.45. The fraction of sp³-hybridized carbons (Fsp3) is 0.286. The monoisotopic (exact) mass is 398 g/mol. The summed E-state index contributed by atoms with van der Waals surface area (Å²) in [6, 6.07) is 12.8. The predicted octanol–water partition coefficient (Wildman–Crippen LogP) is 3.36. The molecule has 0 N–H and O–H groups in total. The first-order chi connectivity index (χ1) is 14.1. The number of nitrogens with zero attached hydrogens (tertiary/aromatic N) is 4. The van der Waals surface area contributed by atoms with Crippen LogP contribution in [0.1, 0.15) is 22.6 Å². The summed E-state index contributed by atoms with van der Waals surface area (Å²) < 4.78 is 31.9. The van der Waals surface area contributed by atoms with Crippen LogP contribution in [0.3, 0.4) is 0 Å². The summed E-state index contributed by atoms with van der Waals surface area (Å²) in [5.41, 5.74) is 1.02. The summed E-state index contributed by atoms with van der Waals surface area (Å²) in [5, 5.41) is 4.05. The van der Waals surface area contributed by atoms with E-state index in [9.17, 15) is 13.6 Å². The molecular weight excluding hydrogens is 378 g/mol. The quantitative estimate of drug-likeness (QED) is 0.674. The number of benzene rings is 2. The molecule has 0 saturated carbocycles. The molecule has 0 aliphatic carbocycles. The van der Waals surface area contributed by atoms with Gasteiger partial charge in [0.15, 0.2) is 17.5 Å². The Morgan fingerprint density at radius 2 is 1.83 bits per heavy atom. The lowest BCUT2D eigenvalue weighted by atomic mass is 10.2. The van der Waals surface area contributed by atoms with Gasteiger partial charge in [0, 0.05) is 37.3 Å². The van der Waals surface area contributed by atoms with Crippen molar-refractivity contribution in [2.75, 3.05) is 26.2 Å². The van der Waals surface area contributed by atoms with Gasteiger partial charge in [-0.2, -0.15) is 4.98 Å². The molecule has 0 bridgehead atoms. The standard InChI is InChI=1S/C21H20F2N4O2/c22-17-8-7-16(13-18(17)23)21(28)27-10-4-9-26(11-12-27)14-19-24-20(29-25-19)15-5-2-1-3-6-15/h1-3,5-8,13H,4,9-12,14H2. The maximum atomic E-state index is 13.4. The summed E-state index contributed by atoms with van der Waals surface area (Å²) >= 11 is 0. The highest BCUT2D eigenvalue weighted by atomic mass is 19.2. The van der Waals surface area contributed by atoms with Crippen LogP contribution in [0.5, 0.6) is 0 Å². The van der Waals surface area contributed by atoms with E-state index in [1.165, 1.54) is 6.07 Å². The van der Waals surface area contributed by atoms with Gasteiger partial charge in [0.1, 0.15) is 0 Å². The van der Waals surface area contributed by atoms with Gasteiger partial charge in [-0.15, -0.1) is 0 Å². The Labute approximate surface area is 166 Å². The van der Waals surface area contributed by atoms with Gasteiger partial charge >= 0.3 is 0 Å². The van der Waals surface area contributed by atoms with E-state index in [4.69, 9.17) is 4.52 Å². The second kappa shape index (κ2) is 8.48. The van der Waals surface area contributed by atoms with Crippen molar-refractivity contribution in [3.05, 3.63) is 71.6 Å². The summed E-state index contributed by atoms with van der Waals surface area (Å²) in [6.45, 7) is 2.96. The molecule has 2 heterocycles. The Morgan fingerprint density at radius 3 is 2.62 bits per heavy atom. The summed E-state index contributed by atoms with van der Waals surface area (Å²) in [4.78, 5) is 20.9. The molecule has 4 rings (SSSR count). The van der Waals surface area contributed by atoms with Crippen molar-refractivity contribution in [1.29, 1.82) is 0 Å². The SMILES string of the molecule is O=C(c1ccc(F)c(F)c1)N1CCCN(Cc2noc(-c3ccccc3)n2)CC1. The molecule has 1 aromatic heterocycles. The average Bonchev–Trinajstić information content (AvgIpc) is 3.08. The Kier molecular flexibility index (Phi) is 5.62. The third-order valence-electron chi connectivity index (χ3n) is 4.90. The molecule has 3 aromatic rings. The van der Waals surface area contributed by atoms with Gasteiger partial charge in [-0.1, -0.05) is 23.4 Å². The third kappa shape index (κ3) is 4.48. The van der Waals surface area contributed by atoms with E-state index in [1.54, 1.807) is 4.90 Å². The van der Waals surface area contributed by atoms with E-state index in [-0.39, 0.29) is 11.5 Å². The van der Waals surface area contributed by atoms with E-state index < -0.39 is 11.6 Å². The largest absolute Gasteiger partial charge is 0.337 e. The molecule has 0 unspecified atom stereocenters. The molecule has 0 spiro atoms. The molecular formula is C21H20F2N4O2. The van der Waals surface area contributed by atoms with Gasteiger partial charge in [0.2, 0.25) is 0 Å². The van der Waals surface area contributed by atoms with Gasteiger partial charge in [0.05, 0.1) is 6.54 Å². The second-order valence-electron chi connectivity index (χ2n) is 6.93. The summed E-state index contributed by atoms with van der Waals surface area (Å²) in [5.74, 6) is -1.20. The van der Waals surface area contributed by atoms with Crippen LogP contribution < -0.4 is 0 Å². The Morgan fingerprint density at radius 1 is 1.00 bits per heavy atom. The van der Waals surface area contributed by atoms with Gasteiger partial charge < -0.3 is 9.42 Å². The molecule has 1 fully saturated rings. The number of amides is 1. The Balaban J connectivity index is 1.37. The minimum atomic E-state index is -1.02. The first-order valence-electron chi connectivity index (χ1n) is 9.45. The lowest BCUT2D eigenvalue weighted by molar-refractivity contribution is 0.0760. The molecule has 0 radical (unpaired) electrons. The zero-order valence-corrected chi connectivity index (χ0v) is 15.7. The molecule has 0 atom stereocenters. The number of aromatic nitrogens is 2. The molecule has 1 aliphatic rings. The maximum Gasteiger partial charge on any atom is 0.257 e. The van der Waals surface area contributed by atoms with Crippen LogP contribution in [0.15, 0.2) is 53.1 Å². The number of halogens is 2. The minimum Gasteiger partial charge on any atom is -0.337 e. The summed E-state index contributed by atoms with van der Waals surface area (Å²) in [6.07, 6.45) is 0.763. The van der Waals surface area contributed by atoms with Gasteiger partial charge in [0.25, 0.3) is 11.8 Å². The van der Waals surface area contributed by atoms with Gasteiger partial charge in [-0.3, -0.25) is 9.69 Å². The molecule has 1 amide bonds. The molecule has 8 heteroatoms. The fourth-order valence-electron chi connectivity index (χ4n) is 3.36. The van der Waals surface area contributed by atoms with E-state index >= 15 is 0 Å². The number of carbonyl (C=O) groups is 1. The zero-order chi connectivity index (χ0) is 20.2. The van der Waals surface area contributed by atoms with Crippen molar-refractivity contribution in [2.45, 2.75) is 13.0 Å². The summed E-state index contributed by atoms with van der Waals surface area (Å²) in [7, 11) is 0. The van der Waals surface area contributed by atoms with Crippen molar-refractivity contribution < 1.29 is 18.1 Å². The molecule has 6 nitrogen and oxygen atoms in total. The molecule has 1 aliphatic heterocycles. The Bertz CT molecular complexity index is 993. The first kappa shape index (κ1) is 19.2. The van der Waals surface area contributed by atoms with Crippen molar-refractivity contribution in [3.8, 4) is 11.5 Å². The highest BCUT2D eigenvalue weighted by Gasteiger charge is 2.22. The van der Waals surface area contributed by atoms with Crippen LogP contribution in [0.4, 0.5) is 8.78 Å². The predicted molar refractivity (Wildman–Crippen MR) is 102 cm³/mol.